The first-order chi connectivity index (χ1) is 11.5. The second-order valence-corrected chi connectivity index (χ2v) is 7.18. The Kier molecular flexibility index (Phi) is 5.13. The van der Waals surface area contributed by atoms with Gasteiger partial charge >= 0.3 is 0 Å². The van der Waals surface area contributed by atoms with Crippen molar-refractivity contribution in [3.05, 3.63) is 57.0 Å². The number of halogens is 3. The second-order valence-electron chi connectivity index (χ2n) is 5.47. The molecule has 0 spiro atoms. The fourth-order valence-corrected chi connectivity index (χ4v) is 3.26. The van der Waals surface area contributed by atoms with Gasteiger partial charge in [-0.15, -0.1) is 0 Å². The molecule has 0 aromatic heterocycles. The highest BCUT2D eigenvalue weighted by Gasteiger charge is 2.36. The molecule has 1 aliphatic heterocycles. The Hall–Kier alpha value is -1.56. The number of carbonyl (C=O) groups is 2. The molecule has 2 amide bonds. The van der Waals surface area contributed by atoms with Crippen LogP contribution < -0.4 is 10.2 Å². The summed E-state index contributed by atoms with van der Waals surface area (Å²) in [6.07, 6.45) is 0.144. The highest BCUT2D eigenvalue weighted by molar-refractivity contribution is 9.10. The molecule has 1 atom stereocenters. The number of hydrogen-bond donors (Lipinski definition) is 1. The van der Waals surface area contributed by atoms with Crippen molar-refractivity contribution in [2.45, 2.75) is 6.42 Å². The Morgan fingerprint density at radius 1 is 1.17 bits per heavy atom. The minimum absolute atomic E-state index is 0.143. The van der Waals surface area contributed by atoms with Crippen molar-refractivity contribution in [3.8, 4) is 0 Å². The average molecular weight is 428 g/mol. The van der Waals surface area contributed by atoms with Crippen LogP contribution in [0.3, 0.4) is 0 Å². The monoisotopic (exact) mass is 426 g/mol. The molecular formula is C17H13BrCl2N2O2. The molecule has 0 saturated carbocycles. The van der Waals surface area contributed by atoms with E-state index in [-0.39, 0.29) is 24.8 Å². The van der Waals surface area contributed by atoms with Crippen LogP contribution in [-0.2, 0) is 9.59 Å². The van der Waals surface area contributed by atoms with Gasteiger partial charge in [0.15, 0.2) is 0 Å². The van der Waals surface area contributed by atoms with Crippen LogP contribution in [0, 0.1) is 5.92 Å². The number of rotatable bonds is 3. The molecule has 0 bridgehead atoms. The number of nitrogens with one attached hydrogen (secondary N) is 1. The maximum atomic E-state index is 12.4. The number of nitrogens with zero attached hydrogens (tertiary/aromatic N) is 1. The predicted molar refractivity (Wildman–Crippen MR) is 99.7 cm³/mol. The third-order valence-corrected chi connectivity index (χ3v) is 5.17. The SMILES string of the molecule is O=C(Nc1ccc(Br)cc1)[C@H]1CC(=O)N(c2cccc(Cl)c2Cl)C1. The lowest BCUT2D eigenvalue weighted by atomic mass is 10.1. The number of anilines is 2. The van der Waals surface area contributed by atoms with Crippen molar-refractivity contribution in [3.63, 3.8) is 0 Å². The molecule has 0 aliphatic carbocycles. The van der Waals surface area contributed by atoms with Crippen LogP contribution in [0.4, 0.5) is 11.4 Å². The third-order valence-electron chi connectivity index (χ3n) is 3.83. The molecule has 24 heavy (non-hydrogen) atoms. The second kappa shape index (κ2) is 7.13. The van der Waals surface area contributed by atoms with Crippen molar-refractivity contribution in [2.24, 2.45) is 5.92 Å². The van der Waals surface area contributed by atoms with Crippen LogP contribution in [0.1, 0.15) is 6.42 Å². The van der Waals surface area contributed by atoms with Gasteiger partial charge in [0, 0.05) is 23.1 Å². The normalized spacial score (nSPS) is 17.2. The summed E-state index contributed by atoms with van der Waals surface area (Å²) in [5.74, 6) is -0.766. The van der Waals surface area contributed by atoms with Gasteiger partial charge in [-0.3, -0.25) is 9.59 Å². The first-order valence-corrected chi connectivity index (χ1v) is 8.81. The summed E-state index contributed by atoms with van der Waals surface area (Å²) in [5.41, 5.74) is 1.22. The summed E-state index contributed by atoms with van der Waals surface area (Å²) in [6.45, 7) is 0.279. The minimum atomic E-state index is -0.434. The van der Waals surface area contributed by atoms with Crippen LogP contribution >= 0.6 is 39.1 Å². The molecule has 3 rings (SSSR count). The summed E-state index contributed by atoms with van der Waals surface area (Å²) in [6, 6.07) is 12.4. The van der Waals surface area contributed by atoms with E-state index in [0.29, 0.717) is 21.4 Å². The molecule has 1 fully saturated rings. The van der Waals surface area contributed by atoms with Crippen LogP contribution in [0.2, 0.25) is 10.0 Å². The van der Waals surface area contributed by atoms with Crippen LogP contribution in [0.15, 0.2) is 46.9 Å². The number of amides is 2. The molecule has 0 radical (unpaired) electrons. The first kappa shape index (κ1) is 17.3. The summed E-state index contributed by atoms with van der Waals surface area (Å²) >= 11 is 15.5. The number of carbonyl (C=O) groups excluding carboxylic acids is 2. The van der Waals surface area contributed by atoms with Gasteiger partial charge in [-0.05, 0) is 36.4 Å². The summed E-state index contributed by atoms with van der Waals surface area (Å²) in [4.78, 5) is 26.2. The number of benzene rings is 2. The zero-order chi connectivity index (χ0) is 17.3. The van der Waals surface area contributed by atoms with E-state index in [2.05, 4.69) is 21.2 Å². The number of hydrogen-bond acceptors (Lipinski definition) is 2. The van der Waals surface area contributed by atoms with Crippen molar-refractivity contribution in [1.29, 1.82) is 0 Å². The van der Waals surface area contributed by atoms with Gasteiger partial charge in [0.2, 0.25) is 11.8 Å². The first-order valence-electron chi connectivity index (χ1n) is 7.26. The van der Waals surface area contributed by atoms with E-state index < -0.39 is 5.92 Å². The van der Waals surface area contributed by atoms with E-state index in [1.807, 2.05) is 12.1 Å². The lowest BCUT2D eigenvalue weighted by molar-refractivity contribution is -0.122. The Bertz CT molecular complexity index is 796. The summed E-state index contributed by atoms with van der Waals surface area (Å²) in [5, 5.41) is 3.53. The van der Waals surface area contributed by atoms with E-state index in [1.165, 1.54) is 4.90 Å². The molecule has 1 heterocycles. The van der Waals surface area contributed by atoms with Gasteiger partial charge < -0.3 is 10.2 Å². The smallest absolute Gasteiger partial charge is 0.229 e. The van der Waals surface area contributed by atoms with E-state index in [1.54, 1.807) is 30.3 Å². The molecule has 4 nitrogen and oxygen atoms in total. The molecule has 0 unspecified atom stereocenters. The van der Waals surface area contributed by atoms with E-state index in [9.17, 15) is 9.59 Å². The van der Waals surface area contributed by atoms with Gasteiger partial charge in [-0.2, -0.15) is 0 Å². The fourth-order valence-electron chi connectivity index (χ4n) is 2.59. The molecule has 7 heteroatoms. The van der Waals surface area contributed by atoms with Crippen molar-refractivity contribution >= 4 is 62.3 Å². The third kappa shape index (κ3) is 3.58. The van der Waals surface area contributed by atoms with Crippen molar-refractivity contribution in [1.82, 2.24) is 0 Å². The Balaban J connectivity index is 1.73. The molecule has 1 aliphatic rings. The van der Waals surface area contributed by atoms with Gasteiger partial charge in [0.1, 0.15) is 0 Å². The lowest BCUT2D eigenvalue weighted by Gasteiger charge is -2.18. The topological polar surface area (TPSA) is 49.4 Å². The molecule has 2 aromatic rings. The largest absolute Gasteiger partial charge is 0.326 e. The Morgan fingerprint density at radius 2 is 1.88 bits per heavy atom. The average Bonchev–Trinajstić information content (AvgIpc) is 2.94. The quantitative estimate of drug-likeness (QED) is 0.768. The predicted octanol–water partition coefficient (Wildman–Crippen LogP) is 4.75. The maximum Gasteiger partial charge on any atom is 0.229 e. The molecule has 124 valence electrons. The zero-order valence-electron chi connectivity index (χ0n) is 12.4. The molecule has 1 saturated heterocycles. The zero-order valence-corrected chi connectivity index (χ0v) is 15.5. The summed E-state index contributed by atoms with van der Waals surface area (Å²) in [7, 11) is 0. The van der Waals surface area contributed by atoms with E-state index in [0.717, 1.165) is 4.47 Å². The van der Waals surface area contributed by atoms with Crippen LogP contribution in [-0.4, -0.2) is 18.4 Å². The molecule has 1 N–H and O–H groups in total. The van der Waals surface area contributed by atoms with Gasteiger partial charge in [-0.1, -0.05) is 45.2 Å². The maximum absolute atomic E-state index is 12.4. The van der Waals surface area contributed by atoms with Crippen LogP contribution in [0.5, 0.6) is 0 Å². The fraction of sp³-hybridized carbons (Fsp3) is 0.176. The van der Waals surface area contributed by atoms with Gasteiger partial charge in [-0.25, -0.2) is 0 Å². The van der Waals surface area contributed by atoms with Crippen molar-refractivity contribution in [2.75, 3.05) is 16.8 Å². The van der Waals surface area contributed by atoms with Gasteiger partial charge in [0.25, 0.3) is 0 Å². The Labute approximate surface area is 157 Å². The van der Waals surface area contributed by atoms with Crippen LogP contribution in [0.25, 0.3) is 0 Å². The van der Waals surface area contributed by atoms with Crippen molar-refractivity contribution < 1.29 is 9.59 Å². The van der Waals surface area contributed by atoms with Gasteiger partial charge in [0.05, 0.1) is 21.7 Å². The van der Waals surface area contributed by atoms with E-state index >= 15 is 0 Å². The minimum Gasteiger partial charge on any atom is -0.326 e. The molecular weight excluding hydrogens is 415 g/mol. The lowest BCUT2D eigenvalue weighted by Crippen LogP contribution is -2.28. The highest BCUT2D eigenvalue weighted by atomic mass is 79.9. The summed E-state index contributed by atoms with van der Waals surface area (Å²) < 4.78 is 0.929. The van der Waals surface area contributed by atoms with E-state index in [4.69, 9.17) is 23.2 Å². The highest BCUT2D eigenvalue weighted by Crippen LogP contribution is 2.35. The molecule has 2 aromatic carbocycles. The Morgan fingerprint density at radius 3 is 2.58 bits per heavy atom. The standard InChI is InChI=1S/C17H13BrCl2N2O2/c18-11-4-6-12(7-5-11)21-17(24)10-8-15(23)22(9-10)14-3-1-2-13(19)16(14)20/h1-7,10H,8-9H2,(H,21,24)/t10-/m0/s1.